The van der Waals surface area contributed by atoms with Crippen molar-refractivity contribution in [1.82, 2.24) is 14.7 Å². The molecule has 1 aliphatic carbocycles. The third-order valence-corrected chi connectivity index (χ3v) is 5.47. The maximum absolute atomic E-state index is 11.2. The Morgan fingerprint density at radius 2 is 1.72 bits per heavy atom. The van der Waals surface area contributed by atoms with Crippen LogP contribution in [-0.2, 0) is 10.0 Å². The molecule has 25 heavy (non-hydrogen) atoms. The van der Waals surface area contributed by atoms with Gasteiger partial charge in [0.15, 0.2) is 0 Å². The molecule has 1 saturated carbocycles. The fourth-order valence-corrected chi connectivity index (χ4v) is 3.86. The van der Waals surface area contributed by atoms with Gasteiger partial charge in [0.2, 0.25) is 16.0 Å². The van der Waals surface area contributed by atoms with Crippen LogP contribution in [0.2, 0.25) is 0 Å². The summed E-state index contributed by atoms with van der Waals surface area (Å²) in [6.07, 6.45) is 5.43. The van der Waals surface area contributed by atoms with E-state index in [4.69, 9.17) is 5.73 Å². The van der Waals surface area contributed by atoms with Gasteiger partial charge in [-0.25, -0.2) is 18.1 Å². The molecule has 1 aromatic heterocycles. The second-order valence-electron chi connectivity index (χ2n) is 6.84. The van der Waals surface area contributed by atoms with E-state index in [-0.39, 0.29) is 0 Å². The number of para-hydroxylation sites is 1. The topological polar surface area (TPSA) is 110 Å². The van der Waals surface area contributed by atoms with E-state index < -0.39 is 10.0 Å². The van der Waals surface area contributed by atoms with Crippen molar-refractivity contribution in [1.29, 1.82) is 0 Å². The van der Waals surface area contributed by atoms with Crippen molar-refractivity contribution in [3.8, 4) is 0 Å². The maximum Gasteiger partial charge on any atom is 0.225 e. The molecule has 1 fully saturated rings. The van der Waals surface area contributed by atoms with Crippen LogP contribution in [0.25, 0.3) is 10.9 Å². The van der Waals surface area contributed by atoms with Gasteiger partial charge in [0.1, 0.15) is 5.82 Å². The molecule has 2 aromatic rings. The summed E-state index contributed by atoms with van der Waals surface area (Å²) in [4.78, 5) is 8.85. The number of nitrogens with two attached hydrogens (primary N) is 1. The van der Waals surface area contributed by atoms with E-state index in [1.807, 2.05) is 24.3 Å². The fraction of sp³-hybridized carbons (Fsp3) is 0.529. The van der Waals surface area contributed by atoms with Crippen molar-refractivity contribution in [2.45, 2.75) is 25.7 Å². The van der Waals surface area contributed by atoms with Gasteiger partial charge in [-0.1, -0.05) is 12.1 Å². The predicted octanol–water partition coefficient (Wildman–Crippen LogP) is 1.98. The number of sulfonamides is 1. The zero-order chi connectivity index (χ0) is 17.9. The van der Waals surface area contributed by atoms with Gasteiger partial charge >= 0.3 is 0 Å². The molecule has 0 bridgehead atoms. The zero-order valence-corrected chi connectivity index (χ0v) is 15.2. The van der Waals surface area contributed by atoms with Crippen LogP contribution in [0.15, 0.2) is 24.3 Å². The number of fused-ring (bicyclic) bond motifs is 1. The molecular weight excluding hydrogens is 338 g/mol. The first-order chi connectivity index (χ1) is 11.9. The minimum Gasteiger partial charge on any atom is -0.383 e. The Kier molecular flexibility index (Phi) is 5.39. The van der Waals surface area contributed by atoms with E-state index >= 15 is 0 Å². The SMILES string of the molecule is CS(=O)(=O)NCC1CCC(CNc2nc(N)c3ccccc3n2)CC1. The molecule has 1 aromatic carbocycles. The number of benzene rings is 1. The summed E-state index contributed by atoms with van der Waals surface area (Å²) in [6, 6.07) is 7.70. The number of rotatable bonds is 6. The Bertz CT molecular complexity index is 832. The molecule has 0 amide bonds. The molecular formula is C17H25N5O2S. The lowest BCUT2D eigenvalue weighted by molar-refractivity contribution is 0.284. The summed E-state index contributed by atoms with van der Waals surface area (Å²) >= 11 is 0. The van der Waals surface area contributed by atoms with Crippen LogP contribution in [0.4, 0.5) is 11.8 Å². The molecule has 7 nitrogen and oxygen atoms in total. The Balaban J connectivity index is 1.50. The molecule has 0 atom stereocenters. The number of anilines is 2. The third-order valence-electron chi connectivity index (χ3n) is 4.78. The van der Waals surface area contributed by atoms with Crippen molar-refractivity contribution in [2.75, 3.05) is 30.4 Å². The maximum atomic E-state index is 11.2. The summed E-state index contributed by atoms with van der Waals surface area (Å²) in [5.41, 5.74) is 6.85. The van der Waals surface area contributed by atoms with E-state index in [9.17, 15) is 8.42 Å². The molecule has 0 aliphatic heterocycles. The summed E-state index contributed by atoms with van der Waals surface area (Å²) in [5.74, 6) is 2.03. The highest BCUT2D eigenvalue weighted by molar-refractivity contribution is 7.88. The third kappa shape index (κ3) is 5.02. The Morgan fingerprint density at radius 1 is 1.08 bits per heavy atom. The number of aromatic nitrogens is 2. The lowest BCUT2D eigenvalue weighted by Crippen LogP contribution is -2.31. The van der Waals surface area contributed by atoms with Crippen LogP contribution in [0, 0.1) is 11.8 Å². The van der Waals surface area contributed by atoms with Crippen LogP contribution in [0.3, 0.4) is 0 Å². The average Bonchev–Trinajstić information content (AvgIpc) is 2.58. The van der Waals surface area contributed by atoms with Gasteiger partial charge in [-0.15, -0.1) is 0 Å². The first-order valence-electron chi connectivity index (χ1n) is 8.61. The van der Waals surface area contributed by atoms with Crippen LogP contribution >= 0.6 is 0 Å². The van der Waals surface area contributed by atoms with Gasteiger partial charge in [-0.3, -0.25) is 0 Å². The van der Waals surface area contributed by atoms with Gasteiger partial charge in [0.25, 0.3) is 0 Å². The number of nitrogens with one attached hydrogen (secondary N) is 2. The Morgan fingerprint density at radius 3 is 2.40 bits per heavy atom. The van der Waals surface area contributed by atoms with E-state index in [2.05, 4.69) is 20.0 Å². The fourth-order valence-electron chi connectivity index (χ4n) is 3.32. The molecule has 0 unspecified atom stereocenters. The van der Waals surface area contributed by atoms with Crippen molar-refractivity contribution < 1.29 is 8.42 Å². The first kappa shape index (κ1) is 17.9. The highest BCUT2D eigenvalue weighted by atomic mass is 32.2. The van der Waals surface area contributed by atoms with Gasteiger partial charge < -0.3 is 11.1 Å². The Hall–Kier alpha value is -1.93. The number of hydrogen-bond donors (Lipinski definition) is 3. The normalized spacial score (nSPS) is 21.3. The van der Waals surface area contributed by atoms with Crippen LogP contribution in [-0.4, -0.2) is 37.7 Å². The Labute approximate surface area is 148 Å². The van der Waals surface area contributed by atoms with Crippen molar-refractivity contribution >= 4 is 32.7 Å². The predicted molar refractivity (Wildman–Crippen MR) is 101 cm³/mol. The van der Waals surface area contributed by atoms with E-state index in [1.165, 1.54) is 6.26 Å². The molecule has 0 spiro atoms. The number of nitrogen functional groups attached to an aromatic ring is 1. The van der Waals surface area contributed by atoms with E-state index in [0.29, 0.717) is 30.1 Å². The second kappa shape index (κ2) is 7.53. The van der Waals surface area contributed by atoms with E-state index in [0.717, 1.165) is 43.1 Å². The summed E-state index contributed by atoms with van der Waals surface area (Å²) in [6.45, 7) is 1.35. The standard InChI is InChI=1S/C17H25N5O2S/c1-25(23,24)20-11-13-8-6-12(7-9-13)10-19-17-21-15-5-3-2-4-14(15)16(18)22-17/h2-5,12-13,20H,6-11H2,1H3,(H3,18,19,21,22). The summed E-state index contributed by atoms with van der Waals surface area (Å²) < 4.78 is 25.0. The van der Waals surface area contributed by atoms with E-state index in [1.54, 1.807) is 0 Å². The van der Waals surface area contributed by atoms with Crippen molar-refractivity contribution in [3.05, 3.63) is 24.3 Å². The lowest BCUT2D eigenvalue weighted by atomic mass is 9.82. The molecule has 8 heteroatoms. The summed E-state index contributed by atoms with van der Waals surface area (Å²) in [5, 5.41) is 4.17. The molecule has 3 rings (SSSR count). The van der Waals surface area contributed by atoms with Crippen LogP contribution in [0.5, 0.6) is 0 Å². The zero-order valence-electron chi connectivity index (χ0n) is 14.4. The highest BCUT2D eigenvalue weighted by Crippen LogP contribution is 2.28. The molecule has 1 aliphatic rings. The second-order valence-corrected chi connectivity index (χ2v) is 8.67. The molecule has 0 saturated heterocycles. The van der Waals surface area contributed by atoms with Gasteiger partial charge in [-0.05, 0) is 49.7 Å². The monoisotopic (exact) mass is 363 g/mol. The van der Waals surface area contributed by atoms with Crippen LogP contribution < -0.4 is 15.8 Å². The quantitative estimate of drug-likeness (QED) is 0.724. The van der Waals surface area contributed by atoms with Gasteiger partial charge in [0.05, 0.1) is 11.8 Å². The molecule has 136 valence electrons. The van der Waals surface area contributed by atoms with Gasteiger partial charge in [-0.2, -0.15) is 4.98 Å². The average molecular weight is 363 g/mol. The van der Waals surface area contributed by atoms with Crippen LogP contribution in [0.1, 0.15) is 25.7 Å². The highest BCUT2D eigenvalue weighted by Gasteiger charge is 2.22. The number of hydrogen-bond acceptors (Lipinski definition) is 6. The van der Waals surface area contributed by atoms with Gasteiger partial charge in [0, 0.05) is 18.5 Å². The smallest absolute Gasteiger partial charge is 0.225 e. The lowest BCUT2D eigenvalue weighted by Gasteiger charge is -2.28. The largest absolute Gasteiger partial charge is 0.383 e. The molecule has 0 radical (unpaired) electrons. The first-order valence-corrected chi connectivity index (χ1v) is 10.5. The number of nitrogens with zero attached hydrogens (tertiary/aromatic N) is 2. The van der Waals surface area contributed by atoms with Crippen molar-refractivity contribution in [2.24, 2.45) is 11.8 Å². The minimum atomic E-state index is -3.10. The molecule has 4 N–H and O–H groups in total. The van der Waals surface area contributed by atoms with Crippen molar-refractivity contribution in [3.63, 3.8) is 0 Å². The minimum absolute atomic E-state index is 0.429. The summed E-state index contributed by atoms with van der Waals surface area (Å²) in [7, 11) is -3.10. The molecule has 1 heterocycles.